The van der Waals surface area contributed by atoms with Crippen molar-refractivity contribution in [2.75, 3.05) is 6.54 Å². The van der Waals surface area contributed by atoms with Gasteiger partial charge in [-0.05, 0) is 18.8 Å². The van der Waals surface area contributed by atoms with Gasteiger partial charge in [0, 0.05) is 18.5 Å². The lowest BCUT2D eigenvalue weighted by atomic mass is 9.91. The summed E-state index contributed by atoms with van der Waals surface area (Å²) in [7, 11) is 0. The van der Waals surface area contributed by atoms with Crippen molar-refractivity contribution in [3.8, 4) is 0 Å². The molecule has 0 heterocycles. The average molecular weight is 226 g/mol. The average Bonchev–Trinajstić information content (AvgIpc) is 2.40. The number of nitrogens with two attached hydrogens (primary N) is 1. The van der Waals surface area contributed by atoms with Gasteiger partial charge in [-0.2, -0.15) is 0 Å². The van der Waals surface area contributed by atoms with Crippen LogP contribution in [0, 0.1) is 5.92 Å². The number of rotatable bonds is 4. The normalized spacial score (nSPS) is 20.5. The number of hydrogen-bond acceptors (Lipinski definition) is 2. The third-order valence-corrected chi connectivity index (χ3v) is 3.33. The fourth-order valence-electron chi connectivity index (χ4n) is 2.33. The molecule has 0 unspecified atom stereocenters. The van der Waals surface area contributed by atoms with Crippen LogP contribution in [-0.4, -0.2) is 18.0 Å². The van der Waals surface area contributed by atoms with Gasteiger partial charge in [-0.1, -0.05) is 39.5 Å². The third kappa shape index (κ3) is 4.97. The second kappa shape index (κ2) is 6.24. The Morgan fingerprint density at radius 3 is 2.31 bits per heavy atom. The molecule has 1 aliphatic rings. The van der Waals surface area contributed by atoms with Crippen molar-refractivity contribution in [3.05, 3.63) is 0 Å². The first kappa shape index (κ1) is 13.5. The van der Waals surface area contributed by atoms with E-state index >= 15 is 0 Å². The minimum atomic E-state index is -0.150. The van der Waals surface area contributed by atoms with Crippen molar-refractivity contribution in [2.24, 2.45) is 11.7 Å². The SMILES string of the molecule is CC(C)CC(=O)NCC1(N)CCCCCC1. The Morgan fingerprint density at radius 2 is 1.81 bits per heavy atom. The summed E-state index contributed by atoms with van der Waals surface area (Å²) < 4.78 is 0. The molecule has 0 radical (unpaired) electrons. The van der Waals surface area contributed by atoms with Gasteiger partial charge in [0.15, 0.2) is 0 Å². The Kier molecular flexibility index (Phi) is 5.26. The molecular formula is C13H26N2O. The number of carbonyl (C=O) groups is 1. The lowest BCUT2D eigenvalue weighted by molar-refractivity contribution is -0.122. The van der Waals surface area contributed by atoms with Gasteiger partial charge in [0.1, 0.15) is 0 Å². The first-order chi connectivity index (χ1) is 7.52. The number of hydrogen-bond donors (Lipinski definition) is 2. The van der Waals surface area contributed by atoms with Crippen LogP contribution in [-0.2, 0) is 4.79 Å². The summed E-state index contributed by atoms with van der Waals surface area (Å²) in [6.07, 6.45) is 7.70. The third-order valence-electron chi connectivity index (χ3n) is 3.33. The van der Waals surface area contributed by atoms with Crippen molar-refractivity contribution in [3.63, 3.8) is 0 Å². The Bertz CT molecular complexity index is 218. The molecule has 0 bridgehead atoms. The number of amides is 1. The number of carbonyl (C=O) groups excluding carboxylic acids is 1. The molecule has 0 aromatic rings. The molecule has 0 atom stereocenters. The van der Waals surface area contributed by atoms with Gasteiger partial charge in [0.25, 0.3) is 0 Å². The van der Waals surface area contributed by atoms with E-state index in [1.807, 2.05) is 0 Å². The molecule has 3 heteroatoms. The van der Waals surface area contributed by atoms with E-state index in [9.17, 15) is 4.79 Å². The van der Waals surface area contributed by atoms with Gasteiger partial charge in [0.05, 0.1) is 0 Å². The molecule has 0 aliphatic heterocycles. The molecule has 3 N–H and O–H groups in total. The van der Waals surface area contributed by atoms with Crippen LogP contribution in [0.3, 0.4) is 0 Å². The fraction of sp³-hybridized carbons (Fsp3) is 0.923. The summed E-state index contributed by atoms with van der Waals surface area (Å²) in [5.41, 5.74) is 6.17. The van der Waals surface area contributed by atoms with E-state index < -0.39 is 0 Å². The van der Waals surface area contributed by atoms with Gasteiger partial charge in [-0.15, -0.1) is 0 Å². The molecule has 94 valence electrons. The summed E-state index contributed by atoms with van der Waals surface area (Å²) in [5, 5.41) is 2.99. The highest BCUT2D eigenvalue weighted by Gasteiger charge is 2.26. The van der Waals surface area contributed by atoms with Crippen LogP contribution in [0.2, 0.25) is 0 Å². The molecular weight excluding hydrogens is 200 g/mol. The highest BCUT2D eigenvalue weighted by atomic mass is 16.1. The maximum Gasteiger partial charge on any atom is 0.220 e. The lowest BCUT2D eigenvalue weighted by Crippen LogP contribution is -2.49. The molecule has 0 aromatic heterocycles. The Balaban J connectivity index is 2.31. The fourth-order valence-corrected chi connectivity index (χ4v) is 2.33. The molecule has 1 aliphatic carbocycles. The van der Waals surface area contributed by atoms with Gasteiger partial charge in [-0.3, -0.25) is 4.79 Å². The molecule has 0 spiro atoms. The Hall–Kier alpha value is -0.570. The largest absolute Gasteiger partial charge is 0.354 e. The standard InChI is InChI=1S/C13H26N2O/c1-11(2)9-12(16)15-10-13(14)7-5-3-4-6-8-13/h11H,3-10,14H2,1-2H3,(H,15,16). The van der Waals surface area contributed by atoms with E-state index in [0.29, 0.717) is 18.9 Å². The molecule has 0 saturated heterocycles. The molecule has 1 fully saturated rings. The molecule has 16 heavy (non-hydrogen) atoms. The van der Waals surface area contributed by atoms with Crippen LogP contribution >= 0.6 is 0 Å². The van der Waals surface area contributed by atoms with E-state index in [-0.39, 0.29) is 11.4 Å². The molecule has 1 rings (SSSR count). The lowest BCUT2D eigenvalue weighted by Gasteiger charge is -2.28. The molecule has 1 amide bonds. The maximum atomic E-state index is 11.6. The number of nitrogens with one attached hydrogen (secondary N) is 1. The van der Waals surface area contributed by atoms with Crippen LogP contribution < -0.4 is 11.1 Å². The smallest absolute Gasteiger partial charge is 0.220 e. The molecule has 3 nitrogen and oxygen atoms in total. The van der Waals surface area contributed by atoms with Crippen LogP contribution in [0.1, 0.15) is 58.8 Å². The second-order valence-electron chi connectivity index (χ2n) is 5.65. The quantitative estimate of drug-likeness (QED) is 0.722. The molecule has 0 aromatic carbocycles. The Labute approximate surface area is 99.2 Å². The van der Waals surface area contributed by atoms with Crippen molar-refractivity contribution in [1.82, 2.24) is 5.32 Å². The summed E-state index contributed by atoms with van der Waals surface area (Å²) in [5.74, 6) is 0.562. The van der Waals surface area contributed by atoms with Crippen molar-refractivity contribution < 1.29 is 4.79 Å². The van der Waals surface area contributed by atoms with E-state index in [1.54, 1.807) is 0 Å². The van der Waals surface area contributed by atoms with Crippen LogP contribution in [0.15, 0.2) is 0 Å². The minimum Gasteiger partial charge on any atom is -0.354 e. The summed E-state index contributed by atoms with van der Waals surface area (Å²) in [6.45, 7) is 4.77. The van der Waals surface area contributed by atoms with Crippen molar-refractivity contribution in [2.45, 2.75) is 64.3 Å². The summed E-state index contributed by atoms with van der Waals surface area (Å²) >= 11 is 0. The Morgan fingerprint density at radius 1 is 1.25 bits per heavy atom. The first-order valence-electron chi connectivity index (χ1n) is 6.57. The van der Waals surface area contributed by atoms with Gasteiger partial charge >= 0.3 is 0 Å². The topological polar surface area (TPSA) is 55.1 Å². The van der Waals surface area contributed by atoms with Crippen LogP contribution in [0.25, 0.3) is 0 Å². The highest BCUT2D eigenvalue weighted by molar-refractivity contribution is 5.76. The predicted octanol–water partition coefficient (Wildman–Crippen LogP) is 2.20. The highest BCUT2D eigenvalue weighted by Crippen LogP contribution is 2.24. The van der Waals surface area contributed by atoms with Gasteiger partial charge in [0.2, 0.25) is 5.91 Å². The summed E-state index contributed by atoms with van der Waals surface area (Å²) in [6, 6.07) is 0. The van der Waals surface area contributed by atoms with Crippen molar-refractivity contribution in [1.29, 1.82) is 0 Å². The second-order valence-corrected chi connectivity index (χ2v) is 5.65. The van der Waals surface area contributed by atoms with Crippen LogP contribution in [0.4, 0.5) is 0 Å². The summed E-state index contributed by atoms with van der Waals surface area (Å²) in [4.78, 5) is 11.6. The maximum absolute atomic E-state index is 11.6. The predicted molar refractivity (Wildman–Crippen MR) is 67.1 cm³/mol. The van der Waals surface area contributed by atoms with E-state index in [1.165, 1.54) is 25.7 Å². The zero-order chi connectivity index (χ0) is 12.0. The minimum absolute atomic E-state index is 0.143. The van der Waals surface area contributed by atoms with E-state index in [2.05, 4.69) is 19.2 Å². The first-order valence-corrected chi connectivity index (χ1v) is 6.57. The monoisotopic (exact) mass is 226 g/mol. The van der Waals surface area contributed by atoms with Crippen LogP contribution in [0.5, 0.6) is 0 Å². The van der Waals surface area contributed by atoms with Gasteiger partial charge in [-0.25, -0.2) is 0 Å². The zero-order valence-electron chi connectivity index (χ0n) is 10.7. The van der Waals surface area contributed by atoms with Gasteiger partial charge < -0.3 is 11.1 Å². The van der Waals surface area contributed by atoms with E-state index in [0.717, 1.165) is 12.8 Å². The van der Waals surface area contributed by atoms with Crippen molar-refractivity contribution >= 4 is 5.91 Å². The zero-order valence-corrected chi connectivity index (χ0v) is 10.7. The van der Waals surface area contributed by atoms with E-state index in [4.69, 9.17) is 5.73 Å². The molecule has 1 saturated carbocycles.